The maximum atomic E-state index is 6.09. The molecule has 2 aromatic carbocycles. The molecule has 262 valence electrons. The molecule has 0 bridgehead atoms. The monoisotopic (exact) mass is 671 g/mol. The van der Waals surface area contributed by atoms with Gasteiger partial charge in [-0.15, -0.1) is 0 Å². The predicted octanol–water partition coefficient (Wildman–Crippen LogP) is 10.1. The molecule has 0 atom stereocenters. The summed E-state index contributed by atoms with van der Waals surface area (Å²) in [4.78, 5) is 13.9. The number of pyridine rings is 3. The Balaban J connectivity index is 0.912. The zero-order valence-electron chi connectivity index (χ0n) is 29.9. The third kappa shape index (κ3) is 12.7. The number of rotatable bonds is 23. The summed E-state index contributed by atoms with van der Waals surface area (Å²) in [6.07, 6.45) is 18.8. The number of hydrogen-bond acceptors (Lipinski definition) is 5. The first-order valence-electron chi connectivity index (χ1n) is 18.9. The lowest BCUT2D eigenvalue weighted by Crippen LogP contribution is -2.82. The van der Waals surface area contributed by atoms with Gasteiger partial charge in [-0.1, -0.05) is 89.0 Å². The SMILES string of the molecule is CCCC[NH2+]Cc1ccc(OCCCCCCCCCCCCOc2ccc(-c3cc(-c4ccccn4)nc(-c4ccccn4)c3)cc2)cc1. The fourth-order valence-corrected chi connectivity index (χ4v) is 6.07. The second-order valence-electron chi connectivity index (χ2n) is 13.1. The van der Waals surface area contributed by atoms with Crippen LogP contribution in [0.4, 0.5) is 0 Å². The van der Waals surface area contributed by atoms with Crippen LogP contribution in [0.2, 0.25) is 0 Å². The molecule has 0 saturated heterocycles. The zero-order chi connectivity index (χ0) is 34.5. The molecule has 0 amide bonds. The average Bonchev–Trinajstić information content (AvgIpc) is 3.18. The van der Waals surface area contributed by atoms with Gasteiger partial charge in [0.1, 0.15) is 18.0 Å². The van der Waals surface area contributed by atoms with Crippen LogP contribution in [0, 0.1) is 0 Å². The molecule has 0 saturated carbocycles. The minimum atomic E-state index is 0.756. The first kappa shape index (κ1) is 36.7. The highest BCUT2D eigenvalue weighted by atomic mass is 16.5. The lowest BCUT2D eigenvalue weighted by Gasteiger charge is -2.11. The first-order valence-corrected chi connectivity index (χ1v) is 18.9. The molecule has 0 aliphatic heterocycles. The lowest BCUT2D eigenvalue weighted by molar-refractivity contribution is -0.670. The van der Waals surface area contributed by atoms with Gasteiger partial charge in [-0.25, -0.2) is 4.98 Å². The van der Waals surface area contributed by atoms with Gasteiger partial charge >= 0.3 is 0 Å². The van der Waals surface area contributed by atoms with Gasteiger partial charge in [0.25, 0.3) is 0 Å². The second kappa shape index (κ2) is 21.5. The Morgan fingerprint density at radius 3 is 1.48 bits per heavy atom. The van der Waals surface area contributed by atoms with Gasteiger partial charge in [-0.3, -0.25) is 9.97 Å². The summed E-state index contributed by atoms with van der Waals surface area (Å²) in [5.41, 5.74) is 6.89. The molecule has 0 fully saturated rings. The van der Waals surface area contributed by atoms with E-state index in [0.717, 1.165) is 78.0 Å². The second-order valence-corrected chi connectivity index (χ2v) is 13.1. The van der Waals surface area contributed by atoms with E-state index in [1.165, 1.54) is 76.3 Å². The summed E-state index contributed by atoms with van der Waals surface area (Å²) >= 11 is 0. The molecular weight excluding hydrogens is 617 g/mol. The summed E-state index contributed by atoms with van der Waals surface area (Å²) in [5.74, 6) is 1.91. The Bertz CT molecular complexity index is 1570. The summed E-state index contributed by atoms with van der Waals surface area (Å²) < 4.78 is 12.0. The summed E-state index contributed by atoms with van der Waals surface area (Å²) in [5, 5.41) is 2.39. The van der Waals surface area contributed by atoms with E-state index < -0.39 is 0 Å². The van der Waals surface area contributed by atoms with Crippen molar-refractivity contribution in [2.45, 2.75) is 90.5 Å². The van der Waals surface area contributed by atoms with Gasteiger partial charge < -0.3 is 14.8 Å². The van der Waals surface area contributed by atoms with E-state index in [2.05, 4.69) is 82.9 Å². The van der Waals surface area contributed by atoms with Gasteiger partial charge in [-0.2, -0.15) is 0 Å². The molecule has 0 spiro atoms. The van der Waals surface area contributed by atoms with Gasteiger partial charge in [0.15, 0.2) is 0 Å². The maximum Gasteiger partial charge on any atom is 0.119 e. The maximum absolute atomic E-state index is 6.09. The lowest BCUT2D eigenvalue weighted by atomic mass is 10.0. The number of benzene rings is 2. The van der Waals surface area contributed by atoms with Gasteiger partial charge in [-0.05, 0) is 103 Å². The Labute approximate surface area is 299 Å². The van der Waals surface area contributed by atoms with Gasteiger partial charge in [0.2, 0.25) is 0 Å². The standard InChI is InChI=1S/C44H54N4O2/c1-2-3-28-45-35-36-20-24-39(25-21-36)49-31-16-10-8-6-4-5-7-9-11-17-32-50-40-26-22-37(23-27-40)38-33-43(41-18-12-14-29-46-41)48-44(34-38)42-19-13-15-30-47-42/h12-15,18-27,29-30,33-34,45H,2-11,16-17,28,31-32,35H2,1H3/p+1. The van der Waals surface area contributed by atoms with Gasteiger partial charge in [0.05, 0.1) is 42.5 Å². The van der Waals surface area contributed by atoms with Crippen molar-refractivity contribution in [3.63, 3.8) is 0 Å². The fraction of sp³-hybridized carbons (Fsp3) is 0.386. The predicted molar refractivity (Wildman–Crippen MR) is 205 cm³/mol. The number of nitrogens with zero attached hydrogens (tertiary/aromatic N) is 3. The topological polar surface area (TPSA) is 73.7 Å². The van der Waals surface area contributed by atoms with E-state index in [4.69, 9.17) is 14.5 Å². The van der Waals surface area contributed by atoms with Crippen molar-refractivity contribution in [1.29, 1.82) is 0 Å². The van der Waals surface area contributed by atoms with Crippen LogP contribution in [-0.2, 0) is 6.54 Å². The van der Waals surface area contributed by atoms with Crippen molar-refractivity contribution in [3.05, 3.63) is 115 Å². The van der Waals surface area contributed by atoms with Crippen LogP contribution >= 0.6 is 0 Å². The van der Waals surface area contributed by atoms with E-state index in [1.54, 1.807) is 12.4 Å². The summed E-state index contributed by atoms with van der Waals surface area (Å²) in [6, 6.07) is 33.0. The van der Waals surface area contributed by atoms with E-state index in [1.807, 2.05) is 36.4 Å². The number of unbranched alkanes of at least 4 members (excludes halogenated alkanes) is 10. The molecular formula is C44H55N4O2+. The van der Waals surface area contributed by atoms with Crippen LogP contribution in [0.25, 0.3) is 33.9 Å². The minimum Gasteiger partial charge on any atom is -0.494 e. The van der Waals surface area contributed by atoms with Crippen molar-refractivity contribution in [1.82, 2.24) is 15.0 Å². The van der Waals surface area contributed by atoms with Crippen molar-refractivity contribution >= 4 is 0 Å². The Kier molecular flexibility index (Phi) is 15.8. The van der Waals surface area contributed by atoms with Crippen LogP contribution in [0.15, 0.2) is 109 Å². The van der Waals surface area contributed by atoms with Crippen LogP contribution in [0.3, 0.4) is 0 Å². The fourth-order valence-electron chi connectivity index (χ4n) is 6.07. The molecule has 50 heavy (non-hydrogen) atoms. The molecule has 0 aliphatic carbocycles. The van der Waals surface area contributed by atoms with Gasteiger partial charge in [0, 0.05) is 18.0 Å². The molecule has 0 radical (unpaired) electrons. The molecule has 5 rings (SSSR count). The van der Waals surface area contributed by atoms with Crippen molar-refractivity contribution in [3.8, 4) is 45.4 Å². The van der Waals surface area contributed by atoms with Crippen molar-refractivity contribution < 1.29 is 14.8 Å². The third-order valence-corrected chi connectivity index (χ3v) is 9.01. The zero-order valence-corrected chi connectivity index (χ0v) is 29.9. The van der Waals surface area contributed by atoms with Crippen molar-refractivity contribution in [2.24, 2.45) is 0 Å². The number of hydrogen-bond donors (Lipinski definition) is 1. The first-order chi connectivity index (χ1) is 24.8. The average molecular weight is 672 g/mol. The summed E-state index contributed by atoms with van der Waals surface area (Å²) in [6.45, 7) is 6.09. The van der Waals surface area contributed by atoms with Crippen LogP contribution in [0.5, 0.6) is 11.5 Å². The molecule has 3 aromatic heterocycles. The highest BCUT2D eigenvalue weighted by Crippen LogP contribution is 2.30. The normalized spacial score (nSPS) is 11.1. The number of quaternary nitrogens is 1. The quantitative estimate of drug-likeness (QED) is 0.0700. The number of ether oxygens (including phenoxy) is 2. The Hall–Kier alpha value is -4.55. The van der Waals surface area contributed by atoms with E-state index >= 15 is 0 Å². The van der Waals surface area contributed by atoms with Crippen LogP contribution in [-0.4, -0.2) is 34.7 Å². The van der Waals surface area contributed by atoms with E-state index in [0.29, 0.717) is 0 Å². The molecule has 6 nitrogen and oxygen atoms in total. The molecule has 0 unspecified atom stereocenters. The van der Waals surface area contributed by atoms with Crippen LogP contribution < -0.4 is 14.8 Å². The molecule has 6 heteroatoms. The summed E-state index contributed by atoms with van der Waals surface area (Å²) in [7, 11) is 0. The largest absolute Gasteiger partial charge is 0.494 e. The molecule has 3 heterocycles. The smallest absolute Gasteiger partial charge is 0.119 e. The van der Waals surface area contributed by atoms with Crippen LogP contribution in [0.1, 0.15) is 89.5 Å². The van der Waals surface area contributed by atoms with E-state index in [9.17, 15) is 0 Å². The molecule has 0 aliphatic rings. The third-order valence-electron chi connectivity index (χ3n) is 9.01. The number of aromatic nitrogens is 3. The van der Waals surface area contributed by atoms with Crippen molar-refractivity contribution in [2.75, 3.05) is 19.8 Å². The Morgan fingerprint density at radius 1 is 0.500 bits per heavy atom. The Morgan fingerprint density at radius 2 is 1.00 bits per heavy atom. The highest BCUT2D eigenvalue weighted by molar-refractivity contribution is 5.74. The highest BCUT2D eigenvalue weighted by Gasteiger charge is 2.10. The molecule has 2 N–H and O–H groups in total. The minimum absolute atomic E-state index is 0.756. The van der Waals surface area contributed by atoms with E-state index in [-0.39, 0.29) is 0 Å². The number of nitrogens with two attached hydrogens (primary N) is 1. The molecule has 5 aromatic rings.